The molecular weight excluding hydrogens is 324 g/mol. The highest BCUT2D eigenvalue weighted by molar-refractivity contribution is 7.99. The van der Waals surface area contributed by atoms with Gasteiger partial charge in [0, 0.05) is 13.1 Å². The first kappa shape index (κ1) is 14.8. The van der Waals surface area contributed by atoms with Crippen LogP contribution in [0.2, 0.25) is 0 Å². The van der Waals surface area contributed by atoms with Crippen LogP contribution < -0.4 is 10.9 Å². The van der Waals surface area contributed by atoms with E-state index >= 15 is 0 Å². The molecule has 0 aliphatic heterocycles. The number of hydrogen-bond donors (Lipinski definition) is 1. The maximum Gasteiger partial charge on any atom is 0.262 e. The highest BCUT2D eigenvalue weighted by atomic mass is 32.2. The van der Waals surface area contributed by atoms with Gasteiger partial charge in [-0.2, -0.15) is 0 Å². The van der Waals surface area contributed by atoms with Gasteiger partial charge in [-0.15, -0.1) is 11.3 Å². The minimum absolute atomic E-state index is 0.111. The second-order valence-corrected chi connectivity index (χ2v) is 6.40. The van der Waals surface area contributed by atoms with Crippen LogP contribution in [0.25, 0.3) is 10.2 Å². The van der Waals surface area contributed by atoms with Crippen molar-refractivity contribution in [2.75, 3.05) is 11.1 Å². The summed E-state index contributed by atoms with van der Waals surface area (Å²) in [5.74, 6) is 0.178. The molecule has 114 valence electrons. The molecule has 0 spiro atoms. The number of aromatic nitrogens is 3. The molecule has 7 nitrogen and oxygen atoms in total. The third-order valence-corrected chi connectivity index (χ3v) is 4.72. The van der Waals surface area contributed by atoms with E-state index in [2.05, 4.69) is 15.5 Å². The maximum absolute atomic E-state index is 12.1. The molecule has 0 aliphatic carbocycles. The van der Waals surface area contributed by atoms with Crippen molar-refractivity contribution in [1.29, 1.82) is 0 Å². The summed E-state index contributed by atoms with van der Waals surface area (Å²) >= 11 is 2.60. The average molecular weight is 336 g/mol. The molecule has 3 aromatic rings. The number of carbonyl (C=O) groups excluding carboxylic acids is 1. The van der Waals surface area contributed by atoms with Gasteiger partial charge < -0.3 is 4.52 Å². The number of thioether (sulfide) groups is 1. The largest absolute Gasteiger partial charge is 0.338 e. The fourth-order valence-electron chi connectivity index (χ4n) is 1.84. The number of amides is 1. The Kier molecular flexibility index (Phi) is 3.99. The van der Waals surface area contributed by atoms with Gasteiger partial charge >= 0.3 is 0 Å². The Hall–Kier alpha value is -2.13. The van der Waals surface area contributed by atoms with Gasteiger partial charge in [0.25, 0.3) is 5.56 Å². The summed E-state index contributed by atoms with van der Waals surface area (Å²) in [5.41, 5.74) is 0.579. The highest BCUT2D eigenvalue weighted by Gasteiger charge is 2.12. The maximum atomic E-state index is 12.1. The van der Waals surface area contributed by atoms with E-state index in [9.17, 15) is 9.59 Å². The van der Waals surface area contributed by atoms with Gasteiger partial charge in [-0.3, -0.25) is 19.5 Å². The lowest BCUT2D eigenvalue weighted by Crippen LogP contribution is -2.20. The van der Waals surface area contributed by atoms with E-state index in [-0.39, 0.29) is 17.2 Å². The quantitative estimate of drug-likeness (QED) is 0.579. The Morgan fingerprint density at radius 3 is 3.09 bits per heavy atom. The smallest absolute Gasteiger partial charge is 0.262 e. The van der Waals surface area contributed by atoms with Crippen molar-refractivity contribution in [2.24, 2.45) is 7.05 Å². The molecule has 0 aromatic carbocycles. The number of anilines is 1. The molecule has 0 fully saturated rings. The molecule has 22 heavy (non-hydrogen) atoms. The Bertz CT molecular complexity index is 896. The molecule has 0 saturated carbocycles. The van der Waals surface area contributed by atoms with E-state index in [1.807, 2.05) is 5.38 Å². The average Bonchev–Trinajstić information content (AvgIpc) is 3.10. The van der Waals surface area contributed by atoms with Crippen molar-refractivity contribution < 1.29 is 9.32 Å². The van der Waals surface area contributed by atoms with Crippen LogP contribution in [-0.2, 0) is 11.8 Å². The molecule has 0 unspecified atom stereocenters. The van der Waals surface area contributed by atoms with E-state index < -0.39 is 0 Å². The molecule has 0 saturated heterocycles. The molecule has 0 atom stereocenters. The predicted octanol–water partition coefficient (Wildman–Crippen LogP) is 2.02. The molecule has 3 aromatic heterocycles. The number of fused-ring (bicyclic) bond motifs is 1. The van der Waals surface area contributed by atoms with E-state index in [0.717, 1.165) is 0 Å². The first-order chi connectivity index (χ1) is 10.5. The lowest BCUT2D eigenvalue weighted by molar-refractivity contribution is -0.113. The fraction of sp³-hybridized carbons (Fsp3) is 0.231. The van der Waals surface area contributed by atoms with E-state index in [4.69, 9.17) is 4.52 Å². The van der Waals surface area contributed by atoms with Crippen molar-refractivity contribution >= 4 is 45.1 Å². The summed E-state index contributed by atoms with van der Waals surface area (Å²) in [6, 6.07) is 3.39. The molecule has 0 bridgehead atoms. The fourth-order valence-corrected chi connectivity index (χ4v) is 3.41. The van der Waals surface area contributed by atoms with Gasteiger partial charge in [-0.1, -0.05) is 16.9 Å². The van der Waals surface area contributed by atoms with Crippen molar-refractivity contribution in [2.45, 2.75) is 12.1 Å². The lowest BCUT2D eigenvalue weighted by Gasteiger charge is -2.06. The van der Waals surface area contributed by atoms with Gasteiger partial charge in [-0.25, -0.2) is 4.98 Å². The lowest BCUT2D eigenvalue weighted by atomic mass is 10.4. The summed E-state index contributed by atoms with van der Waals surface area (Å²) in [5, 5.41) is 9.21. The Morgan fingerprint density at radius 1 is 1.55 bits per heavy atom. The topological polar surface area (TPSA) is 90.0 Å². The summed E-state index contributed by atoms with van der Waals surface area (Å²) in [4.78, 5) is 29.1. The number of thiophene rings is 1. The van der Waals surface area contributed by atoms with Crippen LogP contribution in [-0.4, -0.2) is 26.4 Å². The van der Waals surface area contributed by atoms with Crippen molar-refractivity contribution in [3.63, 3.8) is 0 Å². The molecule has 0 aliphatic rings. The van der Waals surface area contributed by atoms with Crippen LogP contribution >= 0.6 is 23.1 Å². The first-order valence-corrected chi connectivity index (χ1v) is 8.21. The first-order valence-electron chi connectivity index (χ1n) is 6.35. The monoisotopic (exact) mass is 336 g/mol. The van der Waals surface area contributed by atoms with Crippen LogP contribution in [0.5, 0.6) is 0 Å². The van der Waals surface area contributed by atoms with Crippen molar-refractivity contribution in [3.8, 4) is 0 Å². The van der Waals surface area contributed by atoms with E-state index in [0.29, 0.717) is 27.0 Å². The van der Waals surface area contributed by atoms with E-state index in [1.165, 1.54) is 27.7 Å². The van der Waals surface area contributed by atoms with Gasteiger partial charge in [0.15, 0.2) is 5.16 Å². The number of nitrogens with one attached hydrogen (secondary N) is 1. The summed E-state index contributed by atoms with van der Waals surface area (Å²) < 4.78 is 6.37. The minimum atomic E-state index is -0.248. The zero-order valence-corrected chi connectivity index (χ0v) is 13.5. The third kappa shape index (κ3) is 2.90. The third-order valence-electron chi connectivity index (χ3n) is 2.89. The minimum Gasteiger partial charge on any atom is -0.338 e. The van der Waals surface area contributed by atoms with Crippen molar-refractivity contribution in [3.05, 3.63) is 33.6 Å². The molecule has 3 heterocycles. The molecule has 1 N–H and O–H groups in total. The van der Waals surface area contributed by atoms with Crippen LogP contribution in [0.15, 0.2) is 32.0 Å². The summed E-state index contributed by atoms with van der Waals surface area (Å²) in [6.45, 7) is 1.77. The van der Waals surface area contributed by atoms with Crippen LogP contribution in [0.1, 0.15) is 5.69 Å². The van der Waals surface area contributed by atoms with Crippen LogP contribution in [0, 0.1) is 6.92 Å². The van der Waals surface area contributed by atoms with Gasteiger partial charge in [-0.05, 0) is 18.4 Å². The molecule has 3 rings (SSSR count). The number of aryl methyl sites for hydroxylation is 1. The Morgan fingerprint density at radius 2 is 2.36 bits per heavy atom. The van der Waals surface area contributed by atoms with E-state index in [1.54, 1.807) is 26.1 Å². The van der Waals surface area contributed by atoms with Crippen LogP contribution in [0.4, 0.5) is 5.88 Å². The van der Waals surface area contributed by atoms with Gasteiger partial charge in [0.2, 0.25) is 11.8 Å². The van der Waals surface area contributed by atoms with Crippen LogP contribution in [0.3, 0.4) is 0 Å². The number of hydrogen-bond acceptors (Lipinski definition) is 7. The van der Waals surface area contributed by atoms with Crippen molar-refractivity contribution in [1.82, 2.24) is 14.7 Å². The molecular formula is C13H12N4O3S2. The highest BCUT2D eigenvalue weighted by Crippen LogP contribution is 2.20. The molecule has 1 amide bonds. The zero-order valence-electron chi connectivity index (χ0n) is 11.8. The Labute approximate surface area is 133 Å². The predicted molar refractivity (Wildman–Crippen MR) is 85.5 cm³/mol. The summed E-state index contributed by atoms with van der Waals surface area (Å²) in [6.07, 6.45) is 0. The SMILES string of the molecule is Cc1cc(NC(=O)CSc2nc3sccc3c(=O)n2C)on1. The number of rotatable bonds is 4. The number of carbonyl (C=O) groups is 1. The summed E-state index contributed by atoms with van der Waals surface area (Å²) in [7, 11) is 1.65. The van der Waals surface area contributed by atoms with Gasteiger partial charge in [0.1, 0.15) is 4.83 Å². The van der Waals surface area contributed by atoms with Gasteiger partial charge in [0.05, 0.1) is 16.8 Å². The standard InChI is InChI=1S/C13H12N4O3S2/c1-7-5-10(20-16-7)14-9(18)6-22-13-15-11-8(3-4-21-11)12(19)17(13)2/h3-5H,6H2,1-2H3,(H,14,18). The second kappa shape index (κ2) is 5.93. The Balaban J connectivity index is 1.72. The number of nitrogens with zero attached hydrogens (tertiary/aromatic N) is 3. The second-order valence-electron chi connectivity index (χ2n) is 4.57. The molecule has 9 heteroatoms. The normalized spacial score (nSPS) is 11.0. The molecule has 0 radical (unpaired) electrons. The zero-order chi connectivity index (χ0) is 15.7.